The molecule has 1 aliphatic carbocycles. The molecule has 1 aromatic rings. The van der Waals surface area contributed by atoms with E-state index in [-0.39, 0.29) is 0 Å². The molecule has 0 atom stereocenters. The van der Waals surface area contributed by atoms with Crippen LogP contribution in [0.2, 0.25) is 0 Å². The number of benzene rings is 1. The lowest BCUT2D eigenvalue weighted by molar-refractivity contribution is -0.137. The SMILES string of the molecule is CN(c1cccc(C(F)(F)F)c1)C1CCCCC1. The molecule has 1 nitrogen and oxygen atoms in total. The molecule has 1 saturated carbocycles. The average molecular weight is 257 g/mol. The van der Waals surface area contributed by atoms with Gasteiger partial charge < -0.3 is 4.90 Å². The van der Waals surface area contributed by atoms with Crippen LogP contribution in [0.15, 0.2) is 24.3 Å². The highest BCUT2D eigenvalue weighted by Crippen LogP contribution is 2.33. The summed E-state index contributed by atoms with van der Waals surface area (Å²) in [5.41, 5.74) is 0.0967. The Balaban J connectivity index is 2.17. The molecule has 0 aromatic heterocycles. The predicted octanol–water partition coefficient (Wildman–Crippen LogP) is 4.47. The molecule has 0 N–H and O–H groups in total. The smallest absolute Gasteiger partial charge is 0.372 e. The maximum atomic E-state index is 12.7. The molecule has 0 amide bonds. The van der Waals surface area contributed by atoms with Crippen molar-refractivity contribution in [1.29, 1.82) is 0 Å². The second kappa shape index (κ2) is 5.21. The summed E-state index contributed by atoms with van der Waals surface area (Å²) in [4.78, 5) is 1.99. The third kappa shape index (κ3) is 2.98. The van der Waals surface area contributed by atoms with Crippen molar-refractivity contribution >= 4 is 5.69 Å². The molecule has 0 radical (unpaired) electrons. The van der Waals surface area contributed by atoms with Gasteiger partial charge in [0.05, 0.1) is 5.56 Å². The van der Waals surface area contributed by atoms with E-state index in [0.29, 0.717) is 11.7 Å². The summed E-state index contributed by atoms with van der Waals surface area (Å²) >= 11 is 0. The number of hydrogen-bond acceptors (Lipinski definition) is 1. The Labute approximate surface area is 106 Å². The largest absolute Gasteiger partial charge is 0.416 e. The first-order chi connectivity index (χ1) is 8.48. The Kier molecular flexibility index (Phi) is 3.83. The molecule has 2 rings (SSSR count). The summed E-state index contributed by atoms with van der Waals surface area (Å²) in [5, 5.41) is 0. The first-order valence-electron chi connectivity index (χ1n) is 6.38. The first kappa shape index (κ1) is 13.2. The van der Waals surface area contributed by atoms with Crippen molar-refractivity contribution in [3.63, 3.8) is 0 Å². The second-order valence-electron chi connectivity index (χ2n) is 4.95. The fourth-order valence-corrected chi connectivity index (χ4v) is 2.58. The highest BCUT2D eigenvalue weighted by Gasteiger charge is 2.31. The summed E-state index contributed by atoms with van der Waals surface area (Å²) in [6.45, 7) is 0. The van der Waals surface area contributed by atoms with Crippen molar-refractivity contribution in [3.8, 4) is 0 Å². The first-order valence-corrected chi connectivity index (χ1v) is 6.38. The van der Waals surface area contributed by atoms with E-state index in [0.717, 1.165) is 18.9 Å². The van der Waals surface area contributed by atoms with Gasteiger partial charge in [-0.1, -0.05) is 25.3 Å². The van der Waals surface area contributed by atoms with E-state index < -0.39 is 11.7 Å². The molecule has 18 heavy (non-hydrogen) atoms. The number of nitrogens with zero attached hydrogens (tertiary/aromatic N) is 1. The Morgan fingerprint density at radius 3 is 2.39 bits per heavy atom. The summed E-state index contributed by atoms with van der Waals surface area (Å²) in [6, 6.07) is 5.98. The lowest BCUT2D eigenvalue weighted by Crippen LogP contribution is -2.33. The normalized spacial score (nSPS) is 17.8. The van der Waals surface area contributed by atoms with E-state index in [9.17, 15) is 13.2 Å². The Morgan fingerprint density at radius 2 is 1.78 bits per heavy atom. The molecule has 0 bridgehead atoms. The minimum atomic E-state index is -4.26. The van der Waals surface area contributed by atoms with Crippen molar-refractivity contribution in [2.45, 2.75) is 44.3 Å². The lowest BCUT2D eigenvalue weighted by atomic mass is 9.94. The summed E-state index contributed by atoms with van der Waals surface area (Å²) in [6.07, 6.45) is 1.48. The van der Waals surface area contributed by atoms with Crippen LogP contribution in [-0.2, 0) is 6.18 Å². The third-order valence-corrected chi connectivity index (χ3v) is 3.70. The summed E-state index contributed by atoms with van der Waals surface area (Å²) in [7, 11) is 1.89. The van der Waals surface area contributed by atoms with Crippen molar-refractivity contribution in [2.24, 2.45) is 0 Å². The Bertz CT molecular complexity index is 394. The van der Waals surface area contributed by atoms with Crippen molar-refractivity contribution in [1.82, 2.24) is 0 Å². The van der Waals surface area contributed by atoms with Gasteiger partial charge in [0.25, 0.3) is 0 Å². The summed E-state index contributed by atoms with van der Waals surface area (Å²) < 4.78 is 38.0. The zero-order valence-electron chi connectivity index (χ0n) is 10.5. The zero-order chi connectivity index (χ0) is 13.2. The van der Waals surface area contributed by atoms with E-state index in [2.05, 4.69) is 0 Å². The lowest BCUT2D eigenvalue weighted by Gasteiger charge is -2.33. The molecule has 100 valence electrons. The van der Waals surface area contributed by atoms with Gasteiger partial charge >= 0.3 is 6.18 Å². The number of halogens is 3. The monoisotopic (exact) mass is 257 g/mol. The molecule has 0 saturated heterocycles. The Hall–Kier alpha value is -1.19. The van der Waals surface area contributed by atoms with Gasteiger partial charge in [0.15, 0.2) is 0 Å². The number of rotatable bonds is 2. The minimum absolute atomic E-state index is 0.377. The van der Waals surface area contributed by atoms with Gasteiger partial charge in [0.1, 0.15) is 0 Å². The minimum Gasteiger partial charge on any atom is -0.372 e. The van der Waals surface area contributed by atoms with E-state index in [1.807, 2.05) is 11.9 Å². The van der Waals surface area contributed by atoms with Crippen LogP contribution in [0.3, 0.4) is 0 Å². The molecule has 0 aliphatic heterocycles. The van der Waals surface area contributed by atoms with Gasteiger partial charge in [0.2, 0.25) is 0 Å². The van der Waals surface area contributed by atoms with Gasteiger partial charge in [-0.2, -0.15) is 13.2 Å². The van der Waals surface area contributed by atoms with Crippen LogP contribution < -0.4 is 4.90 Å². The molecule has 1 aliphatic rings. The summed E-state index contributed by atoms with van der Waals surface area (Å²) in [5.74, 6) is 0. The standard InChI is InChI=1S/C14H18F3N/c1-18(12-7-3-2-4-8-12)13-9-5-6-11(10-13)14(15,16)17/h5-6,9-10,12H,2-4,7-8H2,1H3. The predicted molar refractivity (Wildman–Crippen MR) is 66.7 cm³/mol. The van der Waals surface area contributed by atoms with Crippen LogP contribution in [0, 0.1) is 0 Å². The van der Waals surface area contributed by atoms with Gasteiger partial charge in [0, 0.05) is 18.8 Å². The highest BCUT2D eigenvalue weighted by molar-refractivity contribution is 5.49. The maximum Gasteiger partial charge on any atom is 0.416 e. The maximum absolute atomic E-state index is 12.7. The average Bonchev–Trinajstić information content (AvgIpc) is 2.38. The molecule has 4 heteroatoms. The van der Waals surface area contributed by atoms with Gasteiger partial charge in [-0.3, -0.25) is 0 Å². The van der Waals surface area contributed by atoms with E-state index in [1.165, 1.54) is 31.4 Å². The third-order valence-electron chi connectivity index (χ3n) is 3.70. The quantitative estimate of drug-likeness (QED) is 0.755. The van der Waals surface area contributed by atoms with Crippen LogP contribution in [-0.4, -0.2) is 13.1 Å². The van der Waals surface area contributed by atoms with Gasteiger partial charge in [-0.05, 0) is 31.0 Å². The second-order valence-corrected chi connectivity index (χ2v) is 4.95. The molecular formula is C14H18F3N. The van der Waals surface area contributed by atoms with Gasteiger partial charge in [-0.25, -0.2) is 0 Å². The van der Waals surface area contributed by atoms with Crippen molar-refractivity contribution < 1.29 is 13.2 Å². The Morgan fingerprint density at radius 1 is 1.11 bits per heavy atom. The molecule has 1 fully saturated rings. The topological polar surface area (TPSA) is 3.24 Å². The molecule has 1 aromatic carbocycles. The molecule has 0 heterocycles. The zero-order valence-corrected chi connectivity index (χ0v) is 10.5. The van der Waals surface area contributed by atoms with E-state index in [4.69, 9.17) is 0 Å². The van der Waals surface area contributed by atoms with Crippen LogP contribution in [0.1, 0.15) is 37.7 Å². The van der Waals surface area contributed by atoms with Crippen LogP contribution in [0.5, 0.6) is 0 Å². The number of anilines is 1. The van der Waals surface area contributed by atoms with Crippen LogP contribution in [0.4, 0.5) is 18.9 Å². The fourth-order valence-electron chi connectivity index (χ4n) is 2.58. The van der Waals surface area contributed by atoms with Gasteiger partial charge in [-0.15, -0.1) is 0 Å². The fraction of sp³-hybridized carbons (Fsp3) is 0.571. The van der Waals surface area contributed by atoms with E-state index in [1.54, 1.807) is 6.07 Å². The molecule has 0 unspecified atom stereocenters. The number of alkyl halides is 3. The highest BCUT2D eigenvalue weighted by atomic mass is 19.4. The van der Waals surface area contributed by atoms with Crippen molar-refractivity contribution in [3.05, 3.63) is 29.8 Å². The van der Waals surface area contributed by atoms with Crippen LogP contribution in [0.25, 0.3) is 0 Å². The molecular weight excluding hydrogens is 239 g/mol. The molecule has 0 spiro atoms. The van der Waals surface area contributed by atoms with E-state index >= 15 is 0 Å². The van der Waals surface area contributed by atoms with Crippen LogP contribution >= 0.6 is 0 Å². The number of hydrogen-bond donors (Lipinski definition) is 0. The van der Waals surface area contributed by atoms with Crippen molar-refractivity contribution in [2.75, 3.05) is 11.9 Å².